The summed E-state index contributed by atoms with van der Waals surface area (Å²) in [6.07, 6.45) is 0. The molecule has 5 aromatic carbocycles. The molecule has 210 valence electrons. The van der Waals surface area contributed by atoms with E-state index in [9.17, 15) is 19.8 Å². The van der Waals surface area contributed by atoms with Crippen molar-refractivity contribution in [3.8, 4) is 16.9 Å². The maximum Gasteiger partial charge on any atom is 0.336 e. The van der Waals surface area contributed by atoms with Crippen molar-refractivity contribution in [1.29, 1.82) is 0 Å². The van der Waals surface area contributed by atoms with E-state index in [4.69, 9.17) is 9.40 Å². The largest absolute Gasteiger partial charge is 0.507 e. The van der Waals surface area contributed by atoms with Gasteiger partial charge in [-0.1, -0.05) is 52.3 Å². The second-order valence-corrected chi connectivity index (χ2v) is 11.2. The van der Waals surface area contributed by atoms with Gasteiger partial charge in [-0.15, -0.1) is 0 Å². The van der Waals surface area contributed by atoms with E-state index in [0.717, 1.165) is 22.3 Å². The van der Waals surface area contributed by atoms with E-state index >= 15 is 0 Å². The Balaban J connectivity index is 1.54. The van der Waals surface area contributed by atoms with Gasteiger partial charge in [-0.25, -0.2) is 4.79 Å². The van der Waals surface area contributed by atoms with E-state index in [1.165, 1.54) is 12.1 Å². The van der Waals surface area contributed by atoms with Crippen LogP contribution in [0, 0.1) is 6.92 Å². The first-order chi connectivity index (χ1) is 20.8. The average molecular weight is 631 g/mol. The highest BCUT2D eigenvalue weighted by Gasteiger charge is 2.23. The molecule has 0 aliphatic carbocycles. The van der Waals surface area contributed by atoms with Gasteiger partial charge in [-0.2, -0.15) is 0 Å². The molecule has 0 spiro atoms. The molecule has 2 aromatic heterocycles. The van der Waals surface area contributed by atoms with Crippen LogP contribution in [0.15, 0.2) is 105 Å². The molecular formula is C35H23BrN2O5. The number of phenols is 1. The molecule has 7 rings (SSSR count). The van der Waals surface area contributed by atoms with E-state index in [0.29, 0.717) is 53.9 Å². The number of fused-ring (bicyclic) bond motifs is 5. The smallest absolute Gasteiger partial charge is 0.336 e. The SMILES string of the molecule is Cc1ccc2cccc(NCc3c(O)ccc4c(-c5ccccc5C(=O)O)c5cc(Br)c6cc(=O)ccc6c5oc34)c2n1. The number of halogens is 1. The molecule has 0 unspecified atom stereocenters. The highest BCUT2D eigenvalue weighted by atomic mass is 79.9. The third kappa shape index (κ3) is 4.47. The number of anilines is 1. The number of hydrogen-bond acceptors (Lipinski definition) is 6. The number of aromatic hydroxyl groups is 1. The normalized spacial score (nSPS) is 11.5. The third-order valence-corrected chi connectivity index (χ3v) is 8.39. The maximum absolute atomic E-state index is 12.4. The second kappa shape index (κ2) is 10.3. The van der Waals surface area contributed by atoms with Crippen LogP contribution in [0.4, 0.5) is 5.69 Å². The van der Waals surface area contributed by atoms with E-state index in [1.54, 1.807) is 42.5 Å². The number of aromatic nitrogens is 1. The van der Waals surface area contributed by atoms with Crippen molar-refractivity contribution in [3.63, 3.8) is 0 Å². The molecule has 43 heavy (non-hydrogen) atoms. The van der Waals surface area contributed by atoms with Crippen molar-refractivity contribution < 1.29 is 19.4 Å². The number of nitrogens with zero attached hydrogens (tertiary/aromatic N) is 1. The highest BCUT2D eigenvalue weighted by Crippen LogP contribution is 2.44. The lowest BCUT2D eigenvalue weighted by Gasteiger charge is -2.18. The number of pyridine rings is 1. The first-order valence-corrected chi connectivity index (χ1v) is 14.4. The summed E-state index contributed by atoms with van der Waals surface area (Å²) >= 11 is 3.62. The standard InChI is InChI=1S/C35H23BrN2O5/c1-18-9-10-19-5-4-8-29(32(19)38-18)37-17-27-30(40)14-13-24-31(21-6-2-3-7-23(21)35(41)42)26-16-28(36)25-15-20(39)11-12-22(25)33(26)43-34(24)27/h2-16,37,40H,17H2,1H3,(H,41,42). The van der Waals surface area contributed by atoms with E-state index in [-0.39, 0.29) is 23.3 Å². The lowest BCUT2D eigenvalue weighted by atomic mass is 9.91. The minimum atomic E-state index is -1.06. The number of rotatable bonds is 5. The van der Waals surface area contributed by atoms with Gasteiger partial charge in [-0.05, 0) is 67.1 Å². The Labute approximate surface area is 253 Å². The fourth-order valence-electron chi connectivity index (χ4n) is 5.73. The number of benzene rings is 5. The zero-order valence-electron chi connectivity index (χ0n) is 22.8. The summed E-state index contributed by atoms with van der Waals surface area (Å²) in [6.45, 7) is 2.14. The highest BCUT2D eigenvalue weighted by molar-refractivity contribution is 9.10. The topological polar surface area (TPSA) is 113 Å². The zero-order chi connectivity index (χ0) is 29.8. The molecule has 0 radical (unpaired) electrons. The van der Waals surface area contributed by atoms with Crippen LogP contribution >= 0.6 is 15.9 Å². The fraction of sp³-hybridized carbons (Fsp3) is 0.0571. The van der Waals surface area contributed by atoms with Crippen LogP contribution in [-0.4, -0.2) is 21.2 Å². The second-order valence-electron chi connectivity index (χ2n) is 10.4. The van der Waals surface area contributed by atoms with Crippen LogP contribution in [0.1, 0.15) is 21.6 Å². The van der Waals surface area contributed by atoms with Gasteiger partial charge in [-0.3, -0.25) is 9.78 Å². The molecule has 0 saturated carbocycles. The number of hydrogen-bond donors (Lipinski definition) is 3. The number of carboxylic acids is 1. The van der Waals surface area contributed by atoms with Crippen molar-refractivity contribution >= 4 is 71.2 Å². The summed E-state index contributed by atoms with van der Waals surface area (Å²) in [5.41, 5.74) is 4.99. The number of aromatic carboxylic acids is 1. The van der Waals surface area contributed by atoms with Gasteiger partial charge in [0.05, 0.1) is 22.3 Å². The van der Waals surface area contributed by atoms with Crippen LogP contribution < -0.4 is 10.7 Å². The lowest BCUT2D eigenvalue weighted by molar-refractivity contribution is 0.0697. The van der Waals surface area contributed by atoms with Crippen molar-refractivity contribution in [2.24, 2.45) is 0 Å². The van der Waals surface area contributed by atoms with Gasteiger partial charge < -0.3 is 19.9 Å². The summed E-state index contributed by atoms with van der Waals surface area (Å²) < 4.78 is 7.31. The molecule has 7 aromatic rings. The van der Waals surface area contributed by atoms with Crippen LogP contribution in [0.25, 0.3) is 54.7 Å². The Morgan fingerprint density at radius 1 is 0.884 bits per heavy atom. The third-order valence-electron chi connectivity index (χ3n) is 7.73. The Bertz CT molecular complexity index is 2350. The average Bonchev–Trinajstić information content (AvgIpc) is 3.00. The molecule has 0 atom stereocenters. The van der Waals surface area contributed by atoms with E-state index in [2.05, 4.69) is 21.2 Å². The van der Waals surface area contributed by atoms with Crippen molar-refractivity contribution in [1.82, 2.24) is 4.98 Å². The van der Waals surface area contributed by atoms with Gasteiger partial charge in [0.1, 0.15) is 16.9 Å². The molecular weight excluding hydrogens is 608 g/mol. The number of phenolic OH excluding ortho intramolecular Hbond substituents is 1. The first kappa shape index (κ1) is 26.7. The van der Waals surface area contributed by atoms with Gasteiger partial charge in [0.25, 0.3) is 0 Å². The van der Waals surface area contributed by atoms with Gasteiger partial charge >= 0.3 is 5.97 Å². The molecule has 0 aliphatic heterocycles. The van der Waals surface area contributed by atoms with Crippen molar-refractivity contribution in [3.05, 3.63) is 123 Å². The van der Waals surface area contributed by atoms with E-state index in [1.807, 2.05) is 43.3 Å². The zero-order valence-corrected chi connectivity index (χ0v) is 24.4. The Kier molecular flexibility index (Phi) is 6.36. The predicted molar refractivity (Wildman–Crippen MR) is 173 cm³/mol. The van der Waals surface area contributed by atoms with Crippen LogP contribution in [-0.2, 0) is 6.54 Å². The summed E-state index contributed by atoms with van der Waals surface area (Å²) in [5.74, 6) is -1.04. The van der Waals surface area contributed by atoms with Crippen molar-refractivity contribution in [2.75, 3.05) is 5.32 Å². The van der Waals surface area contributed by atoms with Gasteiger partial charge in [0.2, 0.25) is 0 Å². The molecule has 0 aliphatic rings. The minimum absolute atomic E-state index is 0.0215. The van der Waals surface area contributed by atoms with Gasteiger partial charge in [0, 0.05) is 49.2 Å². The number of para-hydroxylation sites is 1. The summed E-state index contributed by atoms with van der Waals surface area (Å²) in [5, 5.41) is 28.3. The molecule has 0 amide bonds. The van der Waals surface area contributed by atoms with E-state index < -0.39 is 5.97 Å². The lowest BCUT2D eigenvalue weighted by Crippen LogP contribution is -2.04. The molecule has 0 bridgehead atoms. The number of nitrogens with one attached hydrogen (secondary N) is 1. The van der Waals surface area contributed by atoms with Crippen LogP contribution in [0.3, 0.4) is 0 Å². The predicted octanol–water partition coefficient (Wildman–Crippen LogP) is 8.40. The molecule has 7 nitrogen and oxygen atoms in total. The van der Waals surface area contributed by atoms with Gasteiger partial charge in [0.15, 0.2) is 5.43 Å². The Hall–Kier alpha value is -5.21. The number of carboxylic acid groups (broad SMARTS) is 1. The molecule has 8 heteroatoms. The van der Waals surface area contributed by atoms with Crippen molar-refractivity contribution in [2.45, 2.75) is 13.5 Å². The quantitative estimate of drug-likeness (QED) is 0.129. The number of carbonyl (C=O) groups is 1. The number of aryl methyl sites for hydroxylation is 1. The summed E-state index contributed by atoms with van der Waals surface area (Å²) in [7, 11) is 0. The van der Waals surface area contributed by atoms with Crippen LogP contribution in [0.2, 0.25) is 0 Å². The Morgan fingerprint density at radius 3 is 2.53 bits per heavy atom. The minimum Gasteiger partial charge on any atom is -0.507 e. The molecule has 3 N–H and O–H groups in total. The Morgan fingerprint density at radius 2 is 1.70 bits per heavy atom. The monoisotopic (exact) mass is 630 g/mol. The summed E-state index contributed by atoms with van der Waals surface area (Å²) in [4.78, 5) is 29.3. The summed E-state index contributed by atoms with van der Waals surface area (Å²) in [6, 6.07) is 26.6. The molecule has 2 heterocycles. The van der Waals surface area contributed by atoms with Crippen LogP contribution in [0.5, 0.6) is 5.75 Å². The maximum atomic E-state index is 12.4. The fourth-order valence-corrected chi connectivity index (χ4v) is 6.28. The molecule has 0 fully saturated rings. The first-order valence-electron chi connectivity index (χ1n) is 13.6. The molecule has 0 saturated heterocycles.